The van der Waals surface area contributed by atoms with E-state index in [1.165, 1.54) is 0 Å². The van der Waals surface area contributed by atoms with Crippen molar-refractivity contribution in [3.63, 3.8) is 0 Å². The quantitative estimate of drug-likeness (QED) is 0.0682. The van der Waals surface area contributed by atoms with Gasteiger partial charge in [-0.15, -0.1) is 0 Å². The first-order chi connectivity index (χ1) is 29.3. The second-order valence-corrected chi connectivity index (χ2v) is 11.8. The van der Waals surface area contributed by atoms with Crippen molar-refractivity contribution in [2.24, 2.45) is 0 Å². The molecule has 0 fully saturated rings. The van der Waals surface area contributed by atoms with E-state index in [1.807, 2.05) is 0 Å². The van der Waals surface area contributed by atoms with Crippen molar-refractivity contribution in [2.45, 2.75) is 0 Å². The molecule has 0 bridgehead atoms. The number of ether oxygens (including phenoxy) is 18. The van der Waals surface area contributed by atoms with Crippen molar-refractivity contribution in [1.29, 1.82) is 0 Å². The topological polar surface area (TPSA) is 183 Å². The van der Waals surface area contributed by atoms with Gasteiger partial charge in [0.25, 0.3) is 0 Å². The molecule has 1 rings (SSSR count). The van der Waals surface area contributed by atoms with Crippen molar-refractivity contribution in [3.8, 4) is 17.2 Å². The third-order valence-electron chi connectivity index (χ3n) is 7.27. The van der Waals surface area contributed by atoms with E-state index >= 15 is 0 Å². The molecule has 0 radical (unpaired) electrons. The summed E-state index contributed by atoms with van der Waals surface area (Å²) >= 11 is 0. The van der Waals surface area contributed by atoms with Crippen LogP contribution in [0.1, 0.15) is 10.4 Å². The first kappa shape index (κ1) is 54.7. The fourth-order valence-corrected chi connectivity index (χ4v) is 4.36. The van der Waals surface area contributed by atoms with E-state index in [2.05, 4.69) is 0 Å². The van der Waals surface area contributed by atoms with E-state index in [0.717, 1.165) is 0 Å². The summed E-state index contributed by atoms with van der Waals surface area (Å²) in [6, 6.07) is 3.19. The van der Waals surface area contributed by atoms with Crippen molar-refractivity contribution < 1.29 is 90.1 Å². The molecule has 19 heteroatoms. The van der Waals surface area contributed by atoms with Crippen LogP contribution in [-0.4, -0.2) is 226 Å². The average molecular weight is 857 g/mol. The number of carbonyl (C=O) groups excluding carboxylic acids is 1. The molecule has 0 aliphatic carbocycles. The molecule has 19 nitrogen and oxygen atoms in total. The van der Waals surface area contributed by atoms with Gasteiger partial charge < -0.3 is 85.3 Å². The zero-order valence-corrected chi connectivity index (χ0v) is 35.7. The van der Waals surface area contributed by atoms with Crippen molar-refractivity contribution in [1.82, 2.24) is 0 Å². The van der Waals surface area contributed by atoms with Crippen molar-refractivity contribution >= 4 is 6.29 Å². The smallest absolute Gasteiger partial charge is 0.203 e. The first-order valence-electron chi connectivity index (χ1n) is 20.2. The Morgan fingerprint density at radius 2 is 0.508 bits per heavy atom. The molecule has 346 valence electrons. The maximum absolute atomic E-state index is 11.8. The molecule has 0 unspecified atom stereocenters. The summed E-state index contributed by atoms with van der Waals surface area (Å²) in [7, 11) is 4.89. The Hall–Kier alpha value is -2.31. The van der Waals surface area contributed by atoms with Gasteiger partial charge in [-0.25, -0.2) is 0 Å². The highest BCUT2D eigenvalue weighted by Gasteiger charge is 2.16. The van der Waals surface area contributed by atoms with Crippen molar-refractivity contribution in [2.75, 3.05) is 220 Å². The van der Waals surface area contributed by atoms with Crippen LogP contribution >= 0.6 is 0 Å². The van der Waals surface area contributed by atoms with Gasteiger partial charge in [0.1, 0.15) is 26.1 Å². The molecule has 0 spiro atoms. The Kier molecular flexibility index (Phi) is 41.9. The standard InChI is InChI=1S/C40H72O19/c1-42-4-7-45-10-13-48-16-19-51-22-25-54-28-31-57-38-34-37(36-41)35-39(58-32-29-55-26-23-52-20-17-49-14-11-46-8-5-43-2)40(38)59-33-30-56-27-24-53-21-18-50-15-12-47-9-6-44-3/h34-36H,4-33H2,1-3H3. The highest BCUT2D eigenvalue weighted by molar-refractivity contribution is 5.78. The molecular weight excluding hydrogens is 784 g/mol. The summed E-state index contributed by atoms with van der Waals surface area (Å²) in [5.74, 6) is 0.996. The van der Waals surface area contributed by atoms with Gasteiger partial charge in [0.2, 0.25) is 5.75 Å². The van der Waals surface area contributed by atoms with Gasteiger partial charge >= 0.3 is 0 Å². The molecule has 0 atom stereocenters. The van der Waals surface area contributed by atoms with E-state index in [1.54, 1.807) is 33.5 Å². The van der Waals surface area contributed by atoms with Crippen LogP contribution in [0.4, 0.5) is 0 Å². The van der Waals surface area contributed by atoms with Crippen LogP contribution in [0.2, 0.25) is 0 Å². The third kappa shape index (κ3) is 36.1. The van der Waals surface area contributed by atoms with Gasteiger partial charge in [-0.3, -0.25) is 4.79 Å². The lowest BCUT2D eigenvalue weighted by Crippen LogP contribution is -2.16. The number of methoxy groups -OCH3 is 3. The van der Waals surface area contributed by atoms with E-state index < -0.39 is 0 Å². The lowest BCUT2D eigenvalue weighted by Gasteiger charge is -2.18. The minimum absolute atomic E-state index is 0.191. The SMILES string of the molecule is COCCOCCOCCOCCOCCOc1cc(C=O)cc(OCCOCCOCCOCCOCCOC)c1OCCOCCOCCOCCOCCOC. The molecule has 0 saturated heterocycles. The second-order valence-electron chi connectivity index (χ2n) is 11.8. The Labute approximate surface area is 350 Å². The minimum Gasteiger partial charge on any atom is -0.487 e. The minimum atomic E-state index is 0.191. The largest absolute Gasteiger partial charge is 0.487 e. The van der Waals surface area contributed by atoms with E-state index in [-0.39, 0.29) is 39.6 Å². The third-order valence-corrected chi connectivity index (χ3v) is 7.27. The first-order valence-corrected chi connectivity index (χ1v) is 20.2. The van der Waals surface area contributed by atoms with Gasteiger partial charge in [-0.1, -0.05) is 0 Å². The summed E-state index contributed by atoms with van der Waals surface area (Å²) in [6.07, 6.45) is 0.715. The molecule has 1 aromatic carbocycles. The van der Waals surface area contributed by atoms with Crippen LogP contribution in [0, 0.1) is 0 Å². The summed E-state index contributed by atoms with van der Waals surface area (Å²) in [5, 5.41) is 0. The normalized spacial score (nSPS) is 11.4. The van der Waals surface area contributed by atoms with Gasteiger partial charge in [0.05, 0.1) is 178 Å². The van der Waals surface area contributed by atoms with Crippen LogP contribution < -0.4 is 14.2 Å². The second kappa shape index (κ2) is 45.2. The molecule has 0 N–H and O–H groups in total. The van der Waals surface area contributed by atoms with Gasteiger partial charge in [-0.2, -0.15) is 0 Å². The number of rotatable bonds is 49. The van der Waals surface area contributed by atoms with Crippen LogP contribution in [-0.2, 0) is 71.1 Å². The Balaban J connectivity index is 2.44. The summed E-state index contributed by atoms with van der Waals surface area (Å²) in [5.41, 5.74) is 0.356. The van der Waals surface area contributed by atoms with E-state index in [4.69, 9.17) is 85.3 Å². The molecule has 0 aliphatic heterocycles. The fourth-order valence-electron chi connectivity index (χ4n) is 4.36. The number of hydrogen-bond donors (Lipinski definition) is 0. The molecule has 0 saturated carbocycles. The predicted molar refractivity (Wildman–Crippen MR) is 214 cm³/mol. The average Bonchev–Trinajstić information content (AvgIpc) is 3.25. The van der Waals surface area contributed by atoms with Gasteiger partial charge in [0, 0.05) is 26.9 Å². The van der Waals surface area contributed by atoms with Crippen LogP contribution in [0.3, 0.4) is 0 Å². The summed E-state index contributed by atoms with van der Waals surface area (Å²) in [4.78, 5) is 11.8. The fraction of sp³-hybridized carbons (Fsp3) is 0.825. The maximum atomic E-state index is 11.8. The highest BCUT2D eigenvalue weighted by Crippen LogP contribution is 2.38. The summed E-state index contributed by atoms with van der Waals surface area (Å²) in [6.45, 7) is 12.7. The Morgan fingerprint density at radius 1 is 0.305 bits per heavy atom. The highest BCUT2D eigenvalue weighted by atomic mass is 16.6. The van der Waals surface area contributed by atoms with Crippen LogP contribution in [0.25, 0.3) is 0 Å². The molecule has 0 aliphatic rings. The Morgan fingerprint density at radius 3 is 0.729 bits per heavy atom. The predicted octanol–water partition coefficient (Wildman–Crippen LogP) is 1.77. The molecular formula is C40H72O19. The van der Waals surface area contributed by atoms with E-state index in [9.17, 15) is 4.79 Å². The Bertz CT molecular complexity index is 969. The number of hydrogen-bond acceptors (Lipinski definition) is 19. The molecule has 0 amide bonds. The number of aldehydes is 1. The number of carbonyl (C=O) groups is 1. The van der Waals surface area contributed by atoms with Crippen LogP contribution in [0.5, 0.6) is 17.2 Å². The maximum Gasteiger partial charge on any atom is 0.203 e. The van der Waals surface area contributed by atoms with Crippen LogP contribution in [0.15, 0.2) is 12.1 Å². The monoisotopic (exact) mass is 856 g/mol. The zero-order chi connectivity index (χ0) is 42.4. The lowest BCUT2D eigenvalue weighted by molar-refractivity contribution is -0.0108. The molecule has 1 aromatic rings. The summed E-state index contributed by atoms with van der Waals surface area (Å²) < 4.78 is 98.9. The molecule has 0 aromatic heterocycles. The molecule has 0 heterocycles. The lowest BCUT2D eigenvalue weighted by atomic mass is 10.2. The van der Waals surface area contributed by atoms with E-state index in [0.29, 0.717) is 188 Å². The molecule has 59 heavy (non-hydrogen) atoms. The number of benzene rings is 1. The zero-order valence-electron chi connectivity index (χ0n) is 35.7. The van der Waals surface area contributed by atoms with Gasteiger partial charge in [-0.05, 0) is 12.1 Å². The van der Waals surface area contributed by atoms with Gasteiger partial charge in [0.15, 0.2) is 11.5 Å². The van der Waals surface area contributed by atoms with Crippen molar-refractivity contribution in [3.05, 3.63) is 17.7 Å².